The molecule has 0 bridgehead atoms. The van der Waals surface area contributed by atoms with Crippen molar-refractivity contribution in [2.24, 2.45) is 17.8 Å². The van der Waals surface area contributed by atoms with E-state index in [4.69, 9.17) is 36.0 Å². The molecule has 2 aliphatic carbocycles. The number of hydrogen-bond donors (Lipinski definition) is 0. The van der Waals surface area contributed by atoms with Crippen molar-refractivity contribution >= 4 is 17.6 Å². The fraction of sp³-hybridized carbons (Fsp3) is 1.00. The van der Waals surface area contributed by atoms with Crippen LogP contribution in [0, 0.1) is 17.8 Å². The lowest BCUT2D eigenvalue weighted by atomic mass is 9.72. The molecule has 4 aliphatic rings. The Hall–Kier alpha value is 0.114. The molecule has 8 atom stereocenters. The second-order valence-corrected chi connectivity index (χ2v) is 15.7. The summed E-state index contributed by atoms with van der Waals surface area (Å²) in [6.07, 6.45) is 7.64. The number of rotatable bonds is 13. The van der Waals surface area contributed by atoms with E-state index in [0.29, 0.717) is 37.4 Å². The zero-order valence-electron chi connectivity index (χ0n) is 21.5. The predicted molar refractivity (Wildman–Crippen MR) is 127 cm³/mol. The molecule has 2 saturated heterocycles. The van der Waals surface area contributed by atoms with E-state index in [1.165, 1.54) is 0 Å². The van der Waals surface area contributed by atoms with E-state index in [9.17, 15) is 0 Å². The number of fused-ring (bicyclic) bond motifs is 2. The monoisotopic (exact) mass is 504 g/mol. The fourth-order valence-corrected chi connectivity index (χ4v) is 13.1. The van der Waals surface area contributed by atoms with E-state index in [-0.39, 0.29) is 17.9 Å². The largest absolute Gasteiger partial charge is 0.533 e. The van der Waals surface area contributed by atoms with Crippen LogP contribution in [0.1, 0.15) is 59.3 Å². The van der Waals surface area contributed by atoms with Crippen molar-refractivity contribution < 1.29 is 36.0 Å². The van der Waals surface area contributed by atoms with E-state index < -0.39 is 22.8 Å². The molecule has 0 aromatic heterocycles. The van der Waals surface area contributed by atoms with Gasteiger partial charge in [0.1, 0.15) is 5.22 Å². The Kier molecular flexibility index (Phi) is 8.12. The normalized spacial score (nSPS) is 36.5. The van der Waals surface area contributed by atoms with Crippen molar-refractivity contribution in [2.45, 2.75) is 95.5 Å². The Morgan fingerprint density at radius 3 is 1.85 bits per heavy atom. The molecule has 8 nitrogen and oxygen atoms in total. The fourth-order valence-electron chi connectivity index (χ4n) is 6.83. The molecular formula is C23H44O8Si2. The van der Waals surface area contributed by atoms with Gasteiger partial charge in [0.05, 0.1) is 24.4 Å². The minimum absolute atomic E-state index is 0.113. The van der Waals surface area contributed by atoms with Crippen LogP contribution in [0.5, 0.6) is 0 Å². The van der Waals surface area contributed by atoms with Crippen LogP contribution in [0.25, 0.3) is 0 Å². The topological polar surface area (TPSA) is 80.4 Å². The molecule has 2 saturated carbocycles. The van der Waals surface area contributed by atoms with Gasteiger partial charge in [0.25, 0.3) is 0 Å². The molecule has 0 aromatic rings. The van der Waals surface area contributed by atoms with Gasteiger partial charge in [0, 0.05) is 41.1 Å². The summed E-state index contributed by atoms with van der Waals surface area (Å²) in [5, 5.41) is -0.806. The van der Waals surface area contributed by atoms with Gasteiger partial charge in [-0.2, -0.15) is 0 Å². The van der Waals surface area contributed by atoms with Crippen LogP contribution in [-0.4, -0.2) is 81.8 Å². The summed E-state index contributed by atoms with van der Waals surface area (Å²) in [6.45, 7) is 9.32. The minimum Gasteiger partial charge on any atom is -0.375 e. The van der Waals surface area contributed by atoms with Crippen LogP contribution >= 0.6 is 0 Å². The molecule has 4 fully saturated rings. The quantitative estimate of drug-likeness (QED) is 0.278. The van der Waals surface area contributed by atoms with Crippen molar-refractivity contribution in [3.05, 3.63) is 0 Å². The summed E-state index contributed by atoms with van der Waals surface area (Å²) >= 11 is 0. The highest BCUT2D eigenvalue weighted by molar-refractivity contribution is 6.67. The molecule has 0 radical (unpaired) electrons. The summed E-state index contributed by atoms with van der Waals surface area (Å²) in [5.41, 5.74) is 0. The number of epoxide rings is 2. The Balaban J connectivity index is 1.79. The number of hydrogen-bond acceptors (Lipinski definition) is 8. The maximum absolute atomic E-state index is 7.30. The van der Waals surface area contributed by atoms with Crippen LogP contribution in [0.4, 0.5) is 0 Å². The zero-order valence-corrected chi connectivity index (χ0v) is 23.5. The standard InChI is InChI=1S/C23H44O8Si2/c1-8-27-32(7,28-9-2)31-23(33(24-4,25-5)26-6,18-11-13-20-22(15-18)30-20)16(3)17-10-12-19-21(14-17)29-19/h16-22H,8-15H2,1-7H3. The highest BCUT2D eigenvalue weighted by Crippen LogP contribution is 2.55. The van der Waals surface area contributed by atoms with Crippen molar-refractivity contribution in [1.82, 2.24) is 0 Å². The second-order valence-electron chi connectivity index (χ2n) is 10.1. The van der Waals surface area contributed by atoms with E-state index in [0.717, 1.165) is 38.5 Å². The molecule has 33 heavy (non-hydrogen) atoms. The van der Waals surface area contributed by atoms with Crippen molar-refractivity contribution in [2.75, 3.05) is 34.5 Å². The van der Waals surface area contributed by atoms with E-state index >= 15 is 0 Å². The lowest BCUT2D eigenvalue weighted by Crippen LogP contribution is -2.75. The van der Waals surface area contributed by atoms with Gasteiger partial charge in [-0.05, 0) is 70.1 Å². The average Bonchev–Trinajstić information content (AvgIpc) is 3.73. The van der Waals surface area contributed by atoms with Crippen LogP contribution in [-0.2, 0) is 36.0 Å². The third kappa shape index (κ3) is 4.77. The number of ether oxygens (including phenoxy) is 2. The Bertz CT molecular complexity index is 650. The first-order valence-corrected chi connectivity index (χ1v) is 16.7. The van der Waals surface area contributed by atoms with Crippen molar-refractivity contribution in [1.29, 1.82) is 0 Å². The highest BCUT2D eigenvalue weighted by atomic mass is 28.4. The lowest BCUT2D eigenvalue weighted by Gasteiger charge is -2.55. The van der Waals surface area contributed by atoms with E-state index in [1.807, 2.05) is 20.4 Å². The van der Waals surface area contributed by atoms with Gasteiger partial charge >= 0.3 is 17.6 Å². The maximum Gasteiger partial charge on any atom is 0.533 e. The highest BCUT2D eigenvalue weighted by Gasteiger charge is 2.72. The first-order valence-electron chi connectivity index (χ1n) is 12.8. The van der Waals surface area contributed by atoms with Gasteiger partial charge in [-0.3, -0.25) is 0 Å². The van der Waals surface area contributed by atoms with Gasteiger partial charge in [-0.25, -0.2) is 0 Å². The average molecular weight is 505 g/mol. The zero-order chi connectivity index (χ0) is 23.9. The second kappa shape index (κ2) is 10.2. The SMILES string of the molecule is CCO[Si](C)(OCC)OC(C1CCC2OC2C1)(C(C)C1CCC2OC2C1)[Si](OC)(OC)OC. The Morgan fingerprint density at radius 2 is 1.36 bits per heavy atom. The molecule has 8 unspecified atom stereocenters. The smallest absolute Gasteiger partial charge is 0.375 e. The molecule has 2 aliphatic heterocycles. The van der Waals surface area contributed by atoms with Crippen molar-refractivity contribution in [3.63, 3.8) is 0 Å². The van der Waals surface area contributed by atoms with Gasteiger partial charge in [0.2, 0.25) is 0 Å². The summed E-state index contributed by atoms with van der Waals surface area (Å²) in [5.74, 6) is 0.691. The lowest BCUT2D eigenvalue weighted by molar-refractivity contribution is -0.115. The van der Waals surface area contributed by atoms with E-state index in [1.54, 1.807) is 21.3 Å². The van der Waals surface area contributed by atoms with Crippen LogP contribution < -0.4 is 0 Å². The molecule has 0 spiro atoms. The van der Waals surface area contributed by atoms with E-state index in [2.05, 4.69) is 6.92 Å². The summed E-state index contributed by atoms with van der Waals surface area (Å²) in [4.78, 5) is 0. The van der Waals surface area contributed by atoms with Gasteiger partial charge < -0.3 is 36.0 Å². The Morgan fingerprint density at radius 1 is 0.818 bits per heavy atom. The van der Waals surface area contributed by atoms with Crippen LogP contribution in [0.2, 0.25) is 6.55 Å². The molecule has 2 heterocycles. The summed E-state index contributed by atoms with van der Waals surface area (Å²) in [7, 11) is -1.31. The molecule has 0 aromatic carbocycles. The molecule has 10 heteroatoms. The van der Waals surface area contributed by atoms with Gasteiger partial charge in [-0.1, -0.05) is 6.92 Å². The molecular weight excluding hydrogens is 460 g/mol. The van der Waals surface area contributed by atoms with Gasteiger partial charge in [0.15, 0.2) is 0 Å². The maximum atomic E-state index is 7.30. The minimum atomic E-state index is -3.36. The molecule has 4 rings (SSSR count). The summed E-state index contributed by atoms with van der Waals surface area (Å²) in [6, 6.07) is 0. The first kappa shape index (κ1) is 26.2. The van der Waals surface area contributed by atoms with Crippen LogP contribution in [0.15, 0.2) is 0 Å². The van der Waals surface area contributed by atoms with Crippen molar-refractivity contribution in [3.8, 4) is 0 Å². The Labute approximate surface area is 201 Å². The summed E-state index contributed by atoms with van der Waals surface area (Å²) < 4.78 is 50.4. The van der Waals surface area contributed by atoms with Crippen LogP contribution in [0.3, 0.4) is 0 Å². The third-order valence-electron chi connectivity index (χ3n) is 8.49. The predicted octanol–water partition coefficient (Wildman–Crippen LogP) is 3.57. The van der Waals surface area contributed by atoms with Gasteiger partial charge in [-0.15, -0.1) is 0 Å². The molecule has 0 amide bonds. The first-order chi connectivity index (χ1) is 15.8. The molecule has 0 N–H and O–H groups in total. The molecule has 192 valence electrons. The third-order valence-corrected chi connectivity index (χ3v) is 14.6.